The third-order valence-electron chi connectivity index (χ3n) is 1.96. The zero-order valence-corrected chi connectivity index (χ0v) is 7.52. The Hall–Kier alpha value is -1.91. The predicted octanol–water partition coefficient (Wildman–Crippen LogP) is 1.48. The minimum absolute atomic E-state index is 0.102. The SMILES string of the molecule is CCc1ncnc2oc(C(=O)O)cc12. The molecule has 0 aliphatic heterocycles. The number of nitrogens with zero attached hydrogens (tertiary/aromatic N) is 2. The number of carbonyl (C=O) groups is 1. The second kappa shape index (κ2) is 3.10. The Bertz CT molecular complexity index is 490. The summed E-state index contributed by atoms with van der Waals surface area (Å²) in [5, 5.41) is 9.38. The Kier molecular flexibility index (Phi) is 1.92. The first kappa shape index (κ1) is 8.68. The molecular formula is C9H8N2O3. The summed E-state index contributed by atoms with van der Waals surface area (Å²) in [7, 11) is 0. The molecule has 0 aliphatic carbocycles. The molecule has 0 bridgehead atoms. The molecule has 1 N–H and O–H groups in total. The van der Waals surface area contributed by atoms with Crippen LogP contribution in [0.25, 0.3) is 11.1 Å². The molecule has 2 heterocycles. The van der Waals surface area contributed by atoms with Gasteiger partial charge in [0.15, 0.2) is 0 Å². The van der Waals surface area contributed by atoms with Crippen molar-refractivity contribution in [2.24, 2.45) is 0 Å². The van der Waals surface area contributed by atoms with Crippen LogP contribution < -0.4 is 0 Å². The molecule has 5 heteroatoms. The summed E-state index contributed by atoms with van der Waals surface area (Å²) in [6, 6.07) is 1.45. The Morgan fingerprint density at radius 1 is 1.57 bits per heavy atom. The number of carboxylic acid groups (broad SMARTS) is 1. The topological polar surface area (TPSA) is 76.2 Å². The smallest absolute Gasteiger partial charge is 0.371 e. The lowest BCUT2D eigenvalue weighted by Gasteiger charge is -1.93. The number of aryl methyl sites for hydroxylation is 1. The van der Waals surface area contributed by atoms with Crippen LogP contribution >= 0.6 is 0 Å². The third kappa shape index (κ3) is 1.22. The molecule has 0 saturated carbocycles. The molecule has 0 saturated heterocycles. The summed E-state index contributed by atoms with van der Waals surface area (Å²) in [5.41, 5.74) is 1.13. The van der Waals surface area contributed by atoms with Gasteiger partial charge in [-0.3, -0.25) is 0 Å². The van der Waals surface area contributed by atoms with Gasteiger partial charge in [-0.15, -0.1) is 0 Å². The van der Waals surface area contributed by atoms with Crippen LogP contribution in [0.5, 0.6) is 0 Å². The molecule has 0 radical (unpaired) electrons. The lowest BCUT2D eigenvalue weighted by molar-refractivity contribution is 0.0664. The standard InChI is InChI=1S/C9H8N2O3/c1-2-6-5-3-7(9(12)13)14-8(5)11-4-10-6/h3-4H,2H2,1H3,(H,12,13). The molecule has 2 aromatic heterocycles. The summed E-state index contributed by atoms with van der Waals surface area (Å²) in [4.78, 5) is 18.5. The van der Waals surface area contributed by atoms with Crippen LogP contribution in [-0.2, 0) is 6.42 Å². The fourth-order valence-electron chi connectivity index (χ4n) is 1.29. The minimum Gasteiger partial charge on any atom is -0.475 e. The van der Waals surface area contributed by atoms with Gasteiger partial charge in [-0.05, 0) is 6.42 Å². The predicted molar refractivity (Wildman–Crippen MR) is 48.1 cm³/mol. The molecule has 2 rings (SSSR count). The normalized spacial score (nSPS) is 10.6. The van der Waals surface area contributed by atoms with E-state index in [0.717, 1.165) is 12.1 Å². The second-order valence-electron chi connectivity index (χ2n) is 2.81. The lowest BCUT2D eigenvalue weighted by atomic mass is 10.2. The van der Waals surface area contributed by atoms with E-state index in [1.54, 1.807) is 0 Å². The van der Waals surface area contributed by atoms with Gasteiger partial charge in [-0.25, -0.2) is 14.8 Å². The van der Waals surface area contributed by atoms with Gasteiger partial charge in [0.2, 0.25) is 11.5 Å². The van der Waals surface area contributed by atoms with Gasteiger partial charge < -0.3 is 9.52 Å². The van der Waals surface area contributed by atoms with Crippen molar-refractivity contribution in [2.45, 2.75) is 13.3 Å². The van der Waals surface area contributed by atoms with Crippen molar-refractivity contribution in [1.82, 2.24) is 9.97 Å². The lowest BCUT2D eigenvalue weighted by Crippen LogP contribution is -1.91. The number of carboxylic acids is 1. The maximum atomic E-state index is 10.6. The summed E-state index contributed by atoms with van der Waals surface area (Å²) in [5.74, 6) is -1.19. The highest BCUT2D eigenvalue weighted by molar-refractivity contribution is 5.90. The molecule has 0 spiro atoms. The van der Waals surface area contributed by atoms with Crippen LogP contribution in [0.1, 0.15) is 23.2 Å². The van der Waals surface area contributed by atoms with E-state index in [9.17, 15) is 4.79 Å². The van der Waals surface area contributed by atoms with Crippen LogP contribution in [0.4, 0.5) is 0 Å². The Balaban J connectivity index is 2.70. The van der Waals surface area contributed by atoms with Gasteiger partial charge in [0, 0.05) is 6.07 Å². The third-order valence-corrected chi connectivity index (χ3v) is 1.96. The highest BCUT2D eigenvalue weighted by Crippen LogP contribution is 2.19. The first-order valence-electron chi connectivity index (χ1n) is 4.19. The Morgan fingerprint density at radius 2 is 2.36 bits per heavy atom. The summed E-state index contributed by atoms with van der Waals surface area (Å²) >= 11 is 0. The minimum atomic E-state index is -1.09. The van der Waals surface area contributed by atoms with Gasteiger partial charge in [0.1, 0.15) is 6.33 Å². The highest BCUT2D eigenvalue weighted by atomic mass is 16.4. The average Bonchev–Trinajstić information content (AvgIpc) is 2.60. The monoisotopic (exact) mass is 192 g/mol. The summed E-state index contributed by atoms with van der Waals surface area (Å²) in [6.45, 7) is 1.94. The molecule has 2 aromatic rings. The van der Waals surface area contributed by atoms with E-state index in [1.165, 1.54) is 12.4 Å². The van der Waals surface area contributed by atoms with Crippen LogP contribution in [0.3, 0.4) is 0 Å². The van der Waals surface area contributed by atoms with Gasteiger partial charge in [-0.2, -0.15) is 0 Å². The van der Waals surface area contributed by atoms with Crippen molar-refractivity contribution in [3.63, 3.8) is 0 Å². The van der Waals surface area contributed by atoms with Crippen molar-refractivity contribution < 1.29 is 14.3 Å². The molecule has 0 amide bonds. The van der Waals surface area contributed by atoms with Crippen molar-refractivity contribution >= 4 is 17.1 Å². The summed E-state index contributed by atoms with van der Waals surface area (Å²) in [6.07, 6.45) is 2.09. The summed E-state index contributed by atoms with van der Waals surface area (Å²) < 4.78 is 5.02. The highest BCUT2D eigenvalue weighted by Gasteiger charge is 2.13. The van der Waals surface area contributed by atoms with Gasteiger partial charge in [0.05, 0.1) is 11.1 Å². The second-order valence-corrected chi connectivity index (χ2v) is 2.81. The first-order chi connectivity index (χ1) is 6.72. The fraction of sp³-hybridized carbons (Fsp3) is 0.222. The maximum Gasteiger partial charge on any atom is 0.371 e. The number of hydrogen-bond acceptors (Lipinski definition) is 4. The van der Waals surface area contributed by atoms with Crippen LogP contribution in [0, 0.1) is 0 Å². The largest absolute Gasteiger partial charge is 0.475 e. The van der Waals surface area contributed by atoms with E-state index in [2.05, 4.69) is 9.97 Å². The fourth-order valence-corrected chi connectivity index (χ4v) is 1.29. The number of rotatable bonds is 2. The van der Waals surface area contributed by atoms with E-state index in [-0.39, 0.29) is 5.76 Å². The molecule has 14 heavy (non-hydrogen) atoms. The van der Waals surface area contributed by atoms with Gasteiger partial charge in [-0.1, -0.05) is 6.92 Å². The molecule has 5 nitrogen and oxygen atoms in total. The number of furan rings is 1. The molecular weight excluding hydrogens is 184 g/mol. The number of aromatic carboxylic acids is 1. The average molecular weight is 192 g/mol. The maximum absolute atomic E-state index is 10.6. The Morgan fingerprint density at radius 3 is 3.00 bits per heavy atom. The number of fused-ring (bicyclic) bond motifs is 1. The van der Waals surface area contributed by atoms with Gasteiger partial charge >= 0.3 is 5.97 Å². The zero-order chi connectivity index (χ0) is 10.1. The van der Waals surface area contributed by atoms with Crippen molar-refractivity contribution in [3.8, 4) is 0 Å². The molecule has 0 aromatic carbocycles. The quantitative estimate of drug-likeness (QED) is 0.779. The zero-order valence-electron chi connectivity index (χ0n) is 7.52. The molecule has 0 fully saturated rings. The van der Waals surface area contributed by atoms with Crippen molar-refractivity contribution in [1.29, 1.82) is 0 Å². The first-order valence-corrected chi connectivity index (χ1v) is 4.19. The molecule has 72 valence electrons. The number of hydrogen-bond donors (Lipinski definition) is 1. The van der Waals surface area contributed by atoms with Crippen molar-refractivity contribution in [3.05, 3.63) is 23.8 Å². The van der Waals surface area contributed by atoms with E-state index in [0.29, 0.717) is 11.1 Å². The van der Waals surface area contributed by atoms with E-state index in [1.807, 2.05) is 6.92 Å². The molecule has 0 atom stereocenters. The van der Waals surface area contributed by atoms with Crippen LogP contribution in [0.2, 0.25) is 0 Å². The van der Waals surface area contributed by atoms with Crippen LogP contribution in [-0.4, -0.2) is 21.0 Å². The van der Waals surface area contributed by atoms with Gasteiger partial charge in [0.25, 0.3) is 0 Å². The van der Waals surface area contributed by atoms with E-state index < -0.39 is 5.97 Å². The van der Waals surface area contributed by atoms with Crippen molar-refractivity contribution in [2.75, 3.05) is 0 Å². The van der Waals surface area contributed by atoms with E-state index >= 15 is 0 Å². The van der Waals surface area contributed by atoms with E-state index in [4.69, 9.17) is 9.52 Å². The number of aromatic nitrogens is 2. The Labute approximate surface area is 79.4 Å². The molecule has 0 unspecified atom stereocenters. The van der Waals surface area contributed by atoms with Crippen LogP contribution in [0.15, 0.2) is 16.8 Å². The molecule has 0 aliphatic rings.